The van der Waals surface area contributed by atoms with Crippen molar-refractivity contribution in [2.45, 2.75) is 189 Å². The van der Waals surface area contributed by atoms with Crippen LogP contribution < -0.4 is 0 Å². The molecule has 2 N–H and O–H groups in total. The average molecular weight is 1580 g/mol. The fourth-order valence-corrected chi connectivity index (χ4v) is 15.0. The van der Waals surface area contributed by atoms with Crippen molar-refractivity contribution >= 4 is 0 Å². The number of rotatable bonds is 43. The second-order valence-corrected chi connectivity index (χ2v) is 29.4. The van der Waals surface area contributed by atoms with Crippen molar-refractivity contribution < 1.29 is 100 Å². The van der Waals surface area contributed by atoms with E-state index in [2.05, 4.69) is 0 Å². The van der Waals surface area contributed by atoms with E-state index < -0.39 is 123 Å². The Bertz CT molecular complexity index is 4370. The van der Waals surface area contributed by atoms with Gasteiger partial charge in [-0.05, 0) is 55.6 Å². The molecular weight excluding hydrogens is 1480 g/mol. The van der Waals surface area contributed by atoms with E-state index >= 15 is 0 Å². The summed E-state index contributed by atoms with van der Waals surface area (Å²) in [5.74, 6) is 0. The van der Waals surface area contributed by atoms with E-state index in [9.17, 15) is 10.2 Å². The Kier molecular flexibility index (Phi) is 30.7. The molecule has 0 amide bonds. The van der Waals surface area contributed by atoms with Crippen molar-refractivity contribution in [3.8, 4) is 0 Å². The molecule has 21 heteroatoms. The third kappa shape index (κ3) is 23.2. The SMILES string of the molecule is O[C@@H]1[C@@H](OC[C@H]2O[C@H](OC[C@H]3O[C@H](O)[C@@H](OCc4ccccc4)[C@@H]3OCc3ccccc3)[C@@H](OCc3ccccc3)[C@@H]2O[C@H]2O[C@H](COCc3ccccc3)[C@@H](OCc3ccccc3)[C@@H]2O[C@@H]2O[C@H](COCc3ccccc3)[C@@H](OCc3ccccc3)[C@@H]2OCc2ccccc2)O[C@H](COCc2ccccc2)[C@H]1OCc1ccccc1. The Morgan fingerprint density at radius 3 is 0.767 bits per heavy atom. The summed E-state index contributed by atoms with van der Waals surface area (Å²) in [7, 11) is 0. The monoisotopic (exact) mass is 1580 g/mol. The minimum absolute atomic E-state index is 0.0110. The Morgan fingerprint density at radius 2 is 0.414 bits per heavy atom. The Hall–Kier alpha value is -8.64. The minimum Gasteiger partial charge on any atom is -0.385 e. The van der Waals surface area contributed by atoms with E-state index in [0.717, 1.165) is 55.6 Å². The van der Waals surface area contributed by atoms with E-state index in [0.29, 0.717) is 6.61 Å². The highest BCUT2D eigenvalue weighted by molar-refractivity contribution is 5.21. The third-order valence-electron chi connectivity index (χ3n) is 21.0. The maximum atomic E-state index is 12.5. The summed E-state index contributed by atoms with van der Waals surface area (Å²) in [5, 5.41) is 24.4. The number of ether oxygens (including phenoxy) is 19. The predicted octanol–water partition coefficient (Wildman–Crippen LogP) is 13.5. The molecule has 10 aromatic rings. The first-order chi connectivity index (χ1) is 57.3. The standard InChI is InChI=1S/C95H102O21/c96-81-82(101-54-69-37-17-4-18-38-69)76(61-98-51-66-31-11-1-12-32-66)111-92(81)108-65-80-86(89(107-60-75-49-29-10-30-50-75)93(112-80)109-64-79-83(102-55-70-39-19-5-20-40-70)87(91(97)110-79)105-58-73-45-25-8-26-46-73)115-95-90(85(104-57-72-43-23-7-24-44-72)78(114-95)63-100-53-68-35-15-3-16-36-68)116-94-88(106-59-74-47-27-9-28-48-74)84(103-56-71-41-21-6-22-42-71)77(113-94)62-99-52-67-33-13-2-14-34-67/h1-50,76-97H,51-65H2/t76-,77-,78-,79-,80-,81+,82-,83-,84-,85-,86-,87+,88+,89+,90+,91+,92+,93+,94+,95-/m1/s1. The van der Waals surface area contributed by atoms with E-state index in [1.807, 2.05) is 303 Å². The molecule has 116 heavy (non-hydrogen) atoms. The Balaban J connectivity index is 0.789. The lowest BCUT2D eigenvalue weighted by Gasteiger charge is -2.32. The fraction of sp³-hybridized carbons (Fsp3) is 0.368. The van der Waals surface area contributed by atoms with Gasteiger partial charge in [-0.3, -0.25) is 0 Å². The van der Waals surface area contributed by atoms with Crippen LogP contribution in [0, 0.1) is 0 Å². The number of benzene rings is 10. The van der Waals surface area contributed by atoms with Crippen LogP contribution in [0.4, 0.5) is 0 Å². The second-order valence-electron chi connectivity index (χ2n) is 29.4. The van der Waals surface area contributed by atoms with Gasteiger partial charge in [0.2, 0.25) is 0 Å². The molecule has 0 saturated carbocycles. The summed E-state index contributed by atoms with van der Waals surface area (Å²) in [6, 6.07) is 98.3. The summed E-state index contributed by atoms with van der Waals surface area (Å²) in [5.41, 5.74) is 9.15. The molecule has 5 fully saturated rings. The van der Waals surface area contributed by atoms with Gasteiger partial charge in [0.05, 0.1) is 99.1 Å². The maximum Gasteiger partial charge on any atom is 0.187 e. The van der Waals surface area contributed by atoms with E-state index in [1.54, 1.807) is 0 Å². The molecular formula is C95H102O21. The highest BCUT2D eigenvalue weighted by Crippen LogP contribution is 2.41. The van der Waals surface area contributed by atoms with Gasteiger partial charge in [-0.1, -0.05) is 303 Å². The first kappa shape index (κ1) is 82.5. The van der Waals surface area contributed by atoms with Crippen LogP contribution in [0.2, 0.25) is 0 Å². The Labute approximate surface area is 677 Å². The van der Waals surface area contributed by atoms with Crippen molar-refractivity contribution in [2.24, 2.45) is 0 Å². The molecule has 0 spiro atoms. The predicted molar refractivity (Wildman–Crippen MR) is 427 cm³/mol. The topological polar surface area (TPSA) is 216 Å². The fourth-order valence-electron chi connectivity index (χ4n) is 15.0. The quantitative estimate of drug-likeness (QED) is 0.0363. The molecule has 10 aromatic carbocycles. The van der Waals surface area contributed by atoms with E-state index in [4.69, 9.17) is 90.0 Å². The Morgan fingerprint density at radius 1 is 0.190 bits per heavy atom. The van der Waals surface area contributed by atoms with Crippen molar-refractivity contribution in [1.82, 2.24) is 0 Å². The summed E-state index contributed by atoms with van der Waals surface area (Å²) in [6.07, 6.45) is -21.2. The van der Waals surface area contributed by atoms with Gasteiger partial charge in [-0.25, -0.2) is 0 Å². The molecule has 15 rings (SSSR count). The molecule has 5 heterocycles. The van der Waals surface area contributed by atoms with Crippen LogP contribution in [-0.2, 0) is 156 Å². The van der Waals surface area contributed by atoms with Gasteiger partial charge in [0.1, 0.15) is 91.6 Å². The number of hydrogen-bond acceptors (Lipinski definition) is 21. The highest BCUT2D eigenvalue weighted by Gasteiger charge is 2.58. The molecule has 20 atom stereocenters. The van der Waals surface area contributed by atoms with Gasteiger partial charge in [-0.2, -0.15) is 0 Å². The smallest absolute Gasteiger partial charge is 0.187 e. The van der Waals surface area contributed by atoms with Crippen LogP contribution in [0.5, 0.6) is 0 Å². The molecule has 0 bridgehead atoms. The van der Waals surface area contributed by atoms with Crippen LogP contribution in [0.25, 0.3) is 0 Å². The summed E-state index contributed by atoms with van der Waals surface area (Å²) < 4.78 is 132. The summed E-state index contributed by atoms with van der Waals surface area (Å²) >= 11 is 0. The second kappa shape index (κ2) is 43.2. The lowest BCUT2D eigenvalue weighted by atomic mass is 10.1. The van der Waals surface area contributed by atoms with Gasteiger partial charge in [-0.15, -0.1) is 0 Å². The van der Waals surface area contributed by atoms with Crippen molar-refractivity contribution in [1.29, 1.82) is 0 Å². The molecule has 21 nitrogen and oxygen atoms in total. The van der Waals surface area contributed by atoms with Crippen LogP contribution in [-0.4, -0.2) is 166 Å². The zero-order chi connectivity index (χ0) is 78.7. The van der Waals surface area contributed by atoms with Crippen LogP contribution in [0.3, 0.4) is 0 Å². The molecule has 5 aliphatic heterocycles. The minimum atomic E-state index is -1.42. The average Bonchev–Trinajstić information content (AvgIpc) is 1.62. The molecule has 5 aliphatic rings. The summed E-state index contributed by atoms with van der Waals surface area (Å²) in [4.78, 5) is 0. The van der Waals surface area contributed by atoms with Crippen molar-refractivity contribution in [2.75, 3.05) is 33.0 Å². The maximum absolute atomic E-state index is 12.5. The van der Waals surface area contributed by atoms with Crippen LogP contribution in [0.1, 0.15) is 55.6 Å². The lowest BCUT2D eigenvalue weighted by Crippen LogP contribution is -2.49. The number of hydrogen-bond donors (Lipinski definition) is 2. The van der Waals surface area contributed by atoms with Crippen LogP contribution in [0.15, 0.2) is 303 Å². The first-order valence-electron chi connectivity index (χ1n) is 40.0. The van der Waals surface area contributed by atoms with Gasteiger partial charge in [0, 0.05) is 0 Å². The van der Waals surface area contributed by atoms with Gasteiger partial charge in [0.25, 0.3) is 0 Å². The van der Waals surface area contributed by atoms with Gasteiger partial charge < -0.3 is 100 Å². The zero-order valence-electron chi connectivity index (χ0n) is 64.7. The van der Waals surface area contributed by atoms with E-state index in [-0.39, 0.29) is 92.5 Å². The number of aliphatic hydroxyl groups is 2. The molecule has 0 aliphatic carbocycles. The largest absolute Gasteiger partial charge is 0.385 e. The normalized spacial score (nSPS) is 27.7. The molecule has 0 radical (unpaired) electrons. The highest BCUT2D eigenvalue weighted by atomic mass is 16.8. The zero-order valence-corrected chi connectivity index (χ0v) is 64.7. The van der Waals surface area contributed by atoms with Crippen LogP contribution >= 0.6 is 0 Å². The first-order valence-corrected chi connectivity index (χ1v) is 40.0. The van der Waals surface area contributed by atoms with Gasteiger partial charge >= 0.3 is 0 Å². The van der Waals surface area contributed by atoms with Crippen molar-refractivity contribution in [3.05, 3.63) is 359 Å². The van der Waals surface area contributed by atoms with Gasteiger partial charge in [0.15, 0.2) is 31.5 Å². The molecule has 608 valence electrons. The van der Waals surface area contributed by atoms with Crippen molar-refractivity contribution in [3.63, 3.8) is 0 Å². The molecule has 0 unspecified atom stereocenters. The van der Waals surface area contributed by atoms with E-state index in [1.165, 1.54) is 0 Å². The molecule has 0 aromatic heterocycles. The lowest BCUT2D eigenvalue weighted by molar-refractivity contribution is -0.273. The summed E-state index contributed by atoms with van der Waals surface area (Å²) in [6.45, 7) is 1.56. The molecule has 5 saturated heterocycles. The third-order valence-corrected chi connectivity index (χ3v) is 21.0. The number of aliphatic hydroxyl groups excluding tert-OH is 2.